The van der Waals surface area contributed by atoms with Crippen molar-refractivity contribution in [2.45, 2.75) is 104 Å². The van der Waals surface area contributed by atoms with E-state index in [2.05, 4.69) is 46.8 Å². The summed E-state index contributed by atoms with van der Waals surface area (Å²) in [5, 5.41) is 20.0. The Labute approximate surface area is 454 Å². The van der Waals surface area contributed by atoms with E-state index in [-0.39, 0.29) is 68.6 Å². The minimum Gasteiger partial charge on any atom is -0.491 e. The summed E-state index contributed by atoms with van der Waals surface area (Å²) in [5.74, 6) is 0.664. The molecule has 3 amide bonds. The molecule has 0 spiro atoms. The van der Waals surface area contributed by atoms with Crippen LogP contribution in [0.4, 0.5) is 17.5 Å². The van der Waals surface area contributed by atoms with E-state index in [1.54, 1.807) is 22.4 Å². The number of carbonyl (C=O) groups is 4. The average Bonchev–Trinajstić information content (AvgIpc) is 3.99. The molecule has 20 heteroatoms. The number of thiazole rings is 1. The number of ether oxygens (including phenoxy) is 5. The second kappa shape index (κ2) is 30.6. The molecule has 1 aliphatic carbocycles. The van der Waals surface area contributed by atoms with Gasteiger partial charge in [-0.3, -0.25) is 19.2 Å². The van der Waals surface area contributed by atoms with E-state index in [4.69, 9.17) is 23.7 Å². The predicted octanol–water partition coefficient (Wildman–Crippen LogP) is 7.99. The zero-order valence-electron chi connectivity index (χ0n) is 44.3. The van der Waals surface area contributed by atoms with Crippen LogP contribution in [0.15, 0.2) is 64.7 Å². The maximum absolute atomic E-state index is 14.0. The second-order valence-electron chi connectivity index (χ2n) is 20.2. The number of hydrogen-bond acceptors (Lipinski definition) is 16. The van der Waals surface area contributed by atoms with Crippen molar-refractivity contribution in [3.63, 3.8) is 0 Å². The molecule has 1 saturated heterocycles. The standard InChI is InChI=1S/C55H77BrN8O10S/c1-38-49(75-37-60-38)40-15-13-39(14-16-40)33-58-51(67)48-32-43(65)35-64(48)53(69)46(55(2,3)4)31-44(66)36-73-28-27-71-25-8-6-23-70-24-7-9-26-72-29-30-74-45-19-17-42(18-20-45)61-54-59-34-47(56)50(62-54)57-21-22-63(5)52(68)41-11-10-12-41/h13-20,34,37,41,43,46,48,65H,6-12,21-33,35-36H2,1-5H3,(H,58,67)(H2,57,59,61,62)/t43-,46-,48+/m0/s1. The van der Waals surface area contributed by atoms with E-state index < -0.39 is 23.5 Å². The molecule has 3 heterocycles. The highest BCUT2D eigenvalue weighted by Gasteiger charge is 2.44. The number of aryl methyl sites for hydroxylation is 1. The van der Waals surface area contributed by atoms with Crippen molar-refractivity contribution in [1.29, 1.82) is 0 Å². The van der Waals surface area contributed by atoms with Crippen LogP contribution in [-0.2, 0) is 44.7 Å². The Morgan fingerprint density at radius 2 is 1.53 bits per heavy atom. The number of aliphatic hydroxyl groups is 1. The molecule has 6 rings (SSSR count). The number of aliphatic hydroxyl groups excluding tert-OH is 1. The highest BCUT2D eigenvalue weighted by Crippen LogP contribution is 2.34. The molecule has 0 radical (unpaired) electrons. The van der Waals surface area contributed by atoms with Crippen LogP contribution in [0.2, 0.25) is 0 Å². The van der Waals surface area contributed by atoms with Gasteiger partial charge < -0.3 is 54.5 Å². The van der Waals surface area contributed by atoms with Gasteiger partial charge >= 0.3 is 0 Å². The first-order valence-electron chi connectivity index (χ1n) is 26.3. The summed E-state index contributed by atoms with van der Waals surface area (Å²) in [5.41, 5.74) is 5.01. The molecule has 4 N–H and O–H groups in total. The van der Waals surface area contributed by atoms with Gasteiger partial charge in [-0.15, -0.1) is 11.3 Å². The molecule has 75 heavy (non-hydrogen) atoms. The number of rotatable bonds is 33. The van der Waals surface area contributed by atoms with Gasteiger partial charge in [0.2, 0.25) is 23.7 Å². The summed E-state index contributed by atoms with van der Waals surface area (Å²) >= 11 is 5.09. The van der Waals surface area contributed by atoms with E-state index in [0.29, 0.717) is 71.1 Å². The number of unbranched alkanes of at least 4 members (excludes halogenated alkanes) is 2. The maximum Gasteiger partial charge on any atom is 0.243 e. The summed E-state index contributed by atoms with van der Waals surface area (Å²) in [6, 6.07) is 14.7. The van der Waals surface area contributed by atoms with Gasteiger partial charge in [0.1, 0.15) is 30.8 Å². The third-order valence-electron chi connectivity index (χ3n) is 13.3. The Hall–Kier alpha value is -5.09. The largest absolute Gasteiger partial charge is 0.491 e. The normalized spacial score (nSPS) is 16.1. The van der Waals surface area contributed by atoms with Crippen molar-refractivity contribution in [3.8, 4) is 16.2 Å². The van der Waals surface area contributed by atoms with Crippen molar-refractivity contribution >= 4 is 68.2 Å². The number of anilines is 3. The Kier molecular flexibility index (Phi) is 24.1. The number of likely N-dealkylation sites (tertiary alicyclic amines) is 1. The van der Waals surface area contributed by atoms with Crippen molar-refractivity contribution in [3.05, 3.63) is 76.0 Å². The van der Waals surface area contributed by atoms with Gasteiger partial charge in [0.25, 0.3) is 0 Å². The number of nitrogens with zero attached hydrogens (tertiary/aromatic N) is 5. The first kappa shape index (κ1) is 59.2. The molecule has 1 saturated carbocycles. The van der Waals surface area contributed by atoms with Crippen LogP contribution >= 0.6 is 27.3 Å². The van der Waals surface area contributed by atoms with Gasteiger partial charge in [-0.05, 0) is 102 Å². The van der Waals surface area contributed by atoms with Gasteiger partial charge in [-0.2, -0.15) is 4.98 Å². The lowest BCUT2D eigenvalue weighted by atomic mass is 9.77. The van der Waals surface area contributed by atoms with Crippen LogP contribution in [0.25, 0.3) is 10.4 Å². The van der Waals surface area contributed by atoms with Crippen LogP contribution < -0.4 is 20.7 Å². The Morgan fingerprint density at radius 1 is 0.880 bits per heavy atom. The summed E-state index contributed by atoms with van der Waals surface area (Å²) in [4.78, 5) is 70.5. The molecular weight excluding hydrogens is 1040 g/mol. The second-order valence-corrected chi connectivity index (χ2v) is 22.0. The lowest BCUT2D eigenvalue weighted by Crippen LogP contribution is -2.50. The fraction of sp³-hybridized carbons (Fsp3) is 0.582. The van der Waals surface area contributed by atoms with Crippen LogP contribution in [0, 0.1) is 24.2 Å². The number of halogens is 1. The summed E-state index contributed by atoms with van der Waals surface area (Å²) in [6.45, 7) is 13.0. The molecule has 18 nitrogen and oxygen atoms in total. The summed E-state index contributed by atoms with van der Waals surface area (Å²) in [7, 11) is 1.85. The molecule has 2 fully saturated rings. The topological polar surface area (TPSA) is 216 Å². The van der Waals surface area contributed by atoms with E-state index in [9.17, 15) is 24.3 Å². The highest BCUT2D eigenvalue weighted by atomic mass is 79.9. The molecule has 2 aromatic carbocycles. The minimum absolute atomic E-state index is 0.0329. The maximum atomic E-state index is 14.0. The third kappa shape index (κ3) is 19.5. The molecule has 4 aromatic rings. The number of nitrogens with one attached hydrogen (secondary N) is 3. The number of likely N-dealkylation sites (N-methyl/N-ethyl adjacent to an activating group) is 1. The molecule has 2 aliphatic rings. The van der Waals surface area contributed by atoms with Crippen molar-refractivity contribution in [2.24, 2.45) is 17.3 Å². The van der Waals surface area contributed by atoms with Crippen LogP contribution in [-0.4, -0.2) is 152 Å². The van der Waals surface area contributed by atoms with E-state index in [1.807, 2.05) is 88.8 Å². The number of amides is 3. The van der Waals surface area contributed by atoms with E-state index in [1.165, 1.54) is 4.90 Å². The average molecular weight is 1120 g/mol. The van der Waals surface area contributed by atoms with Gasteiger partial charge in [0.05, 0.1) is 46.5 Å². The van der Waals surface area contributed by atoms with Gasteiger partial charge in [0, 0.05) is 96.2 Å². The first-order chi connectivity index (χ1) is 36.2. The van der Waals surface area contributed by atoms with Crippen molar-refractivity contribution < 1.29 is 48.0 Å². The smallest absolute Gasteiger partial charge is 0.243 e. The van der Waals surface area contributed by atoms with Gasteiger partial charge in [-0.25, -0.2) is 9.97 Å². The Bertz CT molecular complexity index is 2400. The number of aromatic nitrogens is 3. The predicted molar refractivity (Wildman–Crippen MR) is 293 cm³/mol. The number of benzene rings is 2. The quantitative estimate of drug-likeness (QED) is 0.0333. The molecule has 1 aliphatic heterocycles. The lowest BCUT2D eigenvalue weighted by Gasteiger charge is -2.34. The van der Waals surface area contributed by atoms with Crippen molar-refractivity contribution in [1.82, 2.24) is 30.1 Å². The van der Waals surface area contributed by atoms with Gasteiger partial charge in [0.15, 0.2) is 5.78 Å². The number of ketones is 1. The van der Waals surface area contributed by atoms with Crippen LogP contribution in [0.5, 0.6) is 5.75 Å². The third-order valence-corrected chi connectivity index (χ3v) is 14.8. The molecule has 3 atom stereocenters. The number of hydrogen-bond donors (Lipinski definition) is 4. The fourth-order valence-corrected chi connectivity index (χ4v) is 9.74. The van der Waals surface area contributed by atoms with Gasteiger partial charge in [-0.1, -0.05) is 51.5 Å². The zero-order valence-corrected chi connectivity index (χ0v) is 46.7. The number of carbonyl (C=O) groups excluding carboxylic acids is 4. The monoisotopic (exact) mass is 1120 g/mol. The summed E-state index contributed by atoms with van der Waals surface area (Å²) in [6.07, 6.45) is 7.57. The molecular formula is C55H77BrN8O10S. The number of Topliss-reactive ketones (excluding diaryl/α,β-unsaturated/α-hetero) is 1. The van der Waals surface area contributed by atoms with Crippen molar-refractivity contribution in [2.75, 3.05) is 96.8 Å². The van der Waals surface area contributed by atoms with Crippen LogP contribution in [0.3, 0.4) is 0 Å². The lowest BCUT2D eigenvalue weighted by molar-refractivity contribution is -0.146. The Balaban J connectivity index is 0.737. The fourth-order valence-electron chi connectivity index (χ4n) is 8.60. The highest BCUT2D eigenvalue weighted by molar-refractivity contribution is 9.10. The molecule has 2 aromatic heterocycles. The summed E-state index contributed by atoms with van der Waals surface area (Å²) < 4.78 is 29.4. The molecule has 0 unspecified atom stereocenters. The van der Waals surface area contributed by atoms with E-state index in [0.717, 1.165) is 82.6 Å². The Morgan fingerprint density at radius 3 is 2.16 bits per heavy atom. The zero-order chi connectivity index (χ0) is 53.6. The van der Waals surface area contributed by atoms with Crippen LogP contribution in [0.1, 0.15) is 89.8 Å². The molecule has 410 valence electrons. The minimum atomic E-state index is -0.836. The van der Waals surface area contributed by atoms with E-state index >= 15 is 0 Å². The number of β-amino-alcohol motifs (C(OH)–C–C–N with tert-alkyl or cyclic N) is 1. The first-order valence-corrected chi connectivity index (χ1v) is 27.9. The SMILES string of the molecule is Cc1ncsc1-c1ccc(CNC(=O)[C@H]2C[C@H](O)CN2C(=O)[C@H](CC(=O)COCCOCCCCOCCCCOCCOc2ccc(Nc3ncc(Br)c(NCCN(C)C(=O)C4CCC4)n3)cc2)C(C)(C)C)cc1. The molecule has 0 bridgehead atoms.